The van der Waals surface area contributed by atoms with E-state index in [2.05, 4.69) is 35.0 Å². The maximum atomic E-state index is 13.5. The van der Waals surface area contributed by atoms with E-state index in [4.69, 9.17) is 4.74 Å². The van der Waals surface area contributed by atoms with Crippen molar-refractivity contribution < 1.29 is 9.53 Å². The van der Waals surface area contributed by atoms with Crippen molar-refractivity contribution in [2.45, 2.75) is 31.6 Å². The van der Waals surface area contributed by atoms with Crippen LogP contribution in [-0.4, -0.2) is 19.1 Å². The quantitative estimate of drug-likeness (QED) is 0.715. The van der Waals surface area contributed by atoms with Gasteiger partial charge in [0, 0.05) is 22.3 Å². The highest BCUT2D eigenvalue weighted by molar-refractivity contribution is 9.10. The molecule has 3 nitrogen and oxygen atoms in total. The van der Waals surface area contributed by atoms with Gasteiger partial charge in [0.05, 0.1) is 0 Å². The molecule has 4 rings (SSSR count). The molecule has 2 aromatic rings. The Balaban J connectivity index is 1.84. The van der Waals surface area contributed by atoms with Crippen LogP contribution >= 0.6 is 15.9 Å². The Morgan fingerprint density at radius 2 is 2.00 bits per heavy atom. The van der Waals surface area contributed by atoms with Gasteiger partial charge in [0.15, 0.2) is 0 Å². The lowest BCUT2D eigenvalue weighted by Gasteiger charge is -2.23. The lowest BCUT2D eigenvalue weighted by molar-refractivity contribution is -0.122. The number of halogens is 1. The van der Waals surface area contributed by atoms with Crippen molar-refractivity contribution in [1.82, 2.24) is 0 Å². The van der Waals surface area contributed by atoms with Crippen molar-refractivity contribution >= 4 is 27.5 Å². The number of rotatable bonds is 4. The summed E-state index contributed by atoms with van der Waals surface area (Å²) >= 11 is 3.54. The summed E-state index contributed by atoms with van der Waals surface area (Å²) in [6.07, 6.45) is 3.31. The van der Waals surface area contributed by atoms with E-state index in [0.29, 0.717) is 6.61 Å². The number of benzene rings is 2. The van der Waals surface area contributed by atoms with Crippen molar-refractivity contribution in [3.63, 3.8) is 0 Å². The van der Waals surface area contributed by atoms with Crippen LogP contribution in [0.3, 0.4) is 0 Å². The van der Waals surface area contributed by atoms with Crippen LogP contribution in [0, 0.1) is 0 Å². The molecule has 0 aromatic heterocycles. The molecule has 0 fully saturated rings. The molecule has 0 saturated heterocycles. The zero-order valence-electron chi connectivity index (χ0n) is 13.7. The zero-order valence-corrected chi connectivity index (χ0v) is 15.3. The first-order chi connectivity index (χ1) is 11.7. The van der Waals surface area contributed by atoms with Gasteiger partial charge in [0.1, 0.15) is 17.8 Å². The second kappa shape index (κ2) is 5.92. The van der Waals surface area contributed by atoms with E-state index in [1.54, 1.807) is 0 Å². The third-order valence-corrected chi connectivity index (χ3v) is 5.59. The summed E-state index contributed by atoms with van der Waals surface area (Å²) < 4.78 is 6.90. The van der Waals surface area contributed by atoms with Crippen LogP contribution in [0.15, 0.2) is 46.9 Å². The van der Waals surface area contributed by atoms with Crippen molar-refractivity contribution in [2.75, 3.05) is 18.1 Å². The lowest BCUT2D eigenvalue weighted by Crippen LogP contribution is -2.42. The zero-order chi connectivity index (χ0) is 16.7. The molecule has 2 heterocycles. The van der Waals surface area contributed by atoms with E-state index < -0.39 is 5.41 Å². The molecule has 0 N–H and O–H groups in total. The molecule has 1 amide bonds. The Morgan fingerprint density at radius 3 is 2.83 bits per heavy atom. The van der Waals surface area contributed by atoms with E-state index in [9.17, 15) is 4.79 Å². The summed E-state index contributed by atoms with van der Waals surface area (Å²) in [5, 5.41) is 0. The largest absolute Gasteiger partial charge is 0.491 e. The Kier molecular flexibility index (Phi) is 3.87. The number of hydrogen-bond donors (Lipinski definition) is 0. The second-order valence-corrected chi connectivity index (χ2v) is 7.43. The fraction of sp³-hybridized carbons (Fsp3) is 0.350. The number of carbonyl (C=O) groups is 1. The Labute approximate surface area is 150 Å². The van der Waals surface area contributed by atoms with E-state index in [-0.39, 0.29) is 5.91 Å². The summed E-state index contributed by atoms with van der Waals surface area (Å²) in [5.41, 5.74) is 2.40. The third kappa shape index (κ3) is 2.12. The van der Waals surface area contributed by atoms with Crippen LogP contribution in [0.25, 0.3) is 0 Å². The van der Waals surface area contributed by atoms with E-state index in [0.717, 1.165) is 52.8 Å². The normalized spacial score (nSPS) is 21.1. The minimum atomic E-state index is -0.693. The SMILES string of the molecule is CCCCCN1C(=O)C2(COc3ccc(Br)cc32)c2ccccc21. The molecule has 124 valence electrons. The molecular formula is C20H20BrNO2. The number of unbranched alkanes of at least 4 members (excludes halogenated alkanes) is 2. The molecule has 0 radical (unpaired) electrons. The van der Waals surface area contributed by atoms with Crippen molar-refractivity contribution in [3.8, 4) is 5.75 Å². The van der Waals surface area contributed by atoms with Gasteiger partial charge in [-0.15, -0.1) is 0 Å². The Morgan fingerprint density at radius 1 is 1.17 bits per heavy atom. The van der Waals surface area contributed by atoms with Crippen LogP contribution in [0.5, 0.6) is 5.75 Å². The molecule has 1 spiro atoms. The number of ether oxygens (including phenoxy) is 1. The second-order valence-electron chi connectivity index (χ2n) is 6.52. The van der Waals surface area contributed by atoms with Gasteiger partial charge in [0.2, 0.25) is 5.91 Å². The van der Waals surface area contributed by atoms with Crippen molar-refractivity contribution in [2.24, 2.45) is 0 Å². The number of hydrogen-bond acceptors (Lipinski definition) is 2. The monoisotopic (exact) mass is 385 g/mol. The first-order valence-corrected chi connectivity index (χ1v) is 9.32. The molecule has 2 aliphatic rings. The van der Waals surface area contributed by atoms with Crippen LogP contribution in [0.4, 0.5) is 5.69 Å². The molecule has 0 aliphatic carbocycles. The third-order valence-electron chi connectivity index (χ3n) is 5.10. The van der Waals surface area contributed by atoms with Gasteiger partial charge in [-0.05, 0) is 36.2 Å². The molecular weight excluding hydrogens is 366 g/mol. The standard InChI is InChI=1S/C20H20BrNO2/c1-2-3-6-11-22-17-8-5-4-7-15(17)20(19(22)23)13-24-18-10-9-14(21)12-16(18)20/h4-5,7-10,12H,2-3,6,11,13H2,1H3. The van der Waals surface area contributed by atoms with Gasteiger partial charge in [-0.25, -0.2) is 0 Å². The summed E-state index contributed by atoms with van der Waals surface area (Å²) in [6, 6.07) is 14.1. The van der Waals surface area contributed by atoms with E-state index in [1.807, 2.05) is 35.2 Å². The molecule has 4 heteroatoms. The number of anilines is 1. The summed E-state index contributed by atoms with van der Waals surface area (Å²) in [7, 11) is 0. The van der Waals surface area contributed by atoms with Crippen molar-refractivity contribution in [3.05, 3.63) is 58.1 Å². The molecule has 0 bridgehead atoms. The molecule has 1 unspecified atom stereocenters. The predicted octanol–water partition coefficient (Wildman–Crippen LogP) is 4.66. The maximum Gasteiger partial charge on any atom is 0.245 e. The summed E-state index contributed by atoms with van der Waals surface area (Å²) in [6.45, 7) is 3.34. The summed E-state index contributed by atoms with van der Waals surface area (Å²) in [4.78, 5) is 15.4. The highest BCUT2D eigenvalue weighted by atomic mass is 79.9. The predicted molar refractivity (Wildman–Crippen MR) is 98.7 cm³/mol. The van der Waals surface area contributed by atoms with Crippen molar-refractivity contribution in [1.29, 1.82) is 0 Å². The number of carbonyl (C=O) groups excluding carboxylic acids is 1. The van der Waals surface area contributed by atoms with E-state index >= 15 is 0 Å². The van der Waals surface area contributed by atoms with Gasteiger partial charge >= 0.3 is 0 Å². The topological polar surface area (TPSA) is 29.5 Å². The molecule has 2 aromatic carbocycles. The van der Waals surface area contributed by atoms with E-state index in [1.165, 1.54) is 0 Å². The van der Waals surface area contributed by atoms with Crippen LogP contribution in [0.2, 0.25) is 0 Å². The number of amides is 1. The molecule has 1 atom stereocenters. The fourth-order valence-electron chi connectivity index (χ4n) is 3.89. The highest BCUT2D eigenvalue weighted by Crippen LogP contribution is 2.52. The van der Waals surface area contributed by atoms with Gasteiger partial charge in [-0.3, -0.25) is 4.79 Å². The Hall–Kier alpha value is -1.81. The highest BCUT2D eigenvalue weighted by Gasteiger charge is 2.56. The molecule has 24 heavy (non-hydrogen) atoms. The average molecular weight is 386 g/mol. The van der Waals surface area contributed by atoms with Crippen LogP contribution in [-0.2, 0) is 10.2 Å². The number of nitrogens with zero attached hydrogens (tertiary/aromatic N) is 1. The summed E-state index contributed by atoms with van der Waals surface area (Å²) in [5.74, 6) is 0.966. The van der Waals surface area contributed by atoms with Crippen LogP contribution in [0.1, 0.15) is 37.3 Å². The number of fused-ring (bicyclic) bond motifs is 4. The molecule has 0 saturated carbocycles. The van der Waals surface area contributed by atoms with Gasteiger partial charge < -0.3 is 9.64 Å². The van der Waals surface area contributed by atoms with Gasteiger partial charge in [0.25, 0.3) is 0 Å². The lowest BCUT2D eigenvalue weighted by atomic mass is 9.77. The fourth-order valence-corrected chi connectivity index (χ4v) is 4.25. The van der Waals surface area contributed by atoms with Crippen LogP contribution < -0.4 is 9.64 Å². The first-order valence-electron chi connectivity index (χ1n) is 8.53. The molecule has 2 aliphatic heterocycles. The smallest absolute Gasteiger partial charge is 0.245 e. The van der Waals surface area contributed by atoms with Gasteiger partial charge in [-0.1, -0.05) is 53.9 Å². The first kappa shape index (κ1) is 15.7. The minimum Gasteiger partial charge on any atom is -0.491 e. The minimum absolute atomic E-state index is 0.150. The number of para-hydroxylation sites is 1. The maximum absolute atomic E-state index is 13.5. The Bertz CT molecular complexity index is 804. The average Bonchev–Trinajstić information content (AvgIpc) is 3.08. The van der Waals surface area contributed by atoms with Gasteiger partial charge in [-0.2, -0.15) is 0 Å².